The fraction of sp³-hybridized carbons (Fsp3) is 0.520. The molecule has 0 radical (unpaired) electrons. The van der Waals surface area contributed by atoms with Crippen LogP contribution in [-0.2, 0) is 6.54 Å². The second-order valence-electron chi connectivity index (χ2n) is 7.78. The van der Waals surface area contributed by atoms with E-state index in [2.05, 4.69) is 56.4 Å². The first-order chi connectivity index (χ1) is 13.7. The Morgan fingerprint density at radius 3 is 2.32 bits per heavy atom. The van der Waals surface area contributed by atoms with Crippen LogP contribution in [0.4, 0.5) is 5.69 Å². The summed E-state index contributed by atoms with van der Waals surface area (Å²) in [5.41, 5.74) is 2.27. The average Bonchev–Trinajstić information content (AvgIpc) is 2.70. The SMILES string of the molecule is CCCCCCCOc1ccc(NCc2ccccc2OCCC(C)C)cc1. The minimum atomic E-state index is 0.655. The zero-order valence-electron chi connectivity index (χ0n) is 17.9. The maximum absolute atomic E-state index is 5.97. The summed E-state index contributed by atoms with van der Waals surface area (Å²) in [7, 11) is 0. The summed E-state index contributed by atoms with van der Waals surface area (Å²) >= 11 is 0. The first kappa shape index (κ1) is 22.1. The summed E-state index contributed by atoms with van der Waals surface area (Å²) in [6, 6.07) is 16.5. The molecule has 0 saturated carbocycles. The first-order valence-electron chi connectivity index (χ1n) is 10.9. The zero-order valence-corrected chi connectivity index (χ0v) is 17.9. The molecule has 0 bridgehead atoms. The molecule has 2 aromatic carbocycles. The Balaban J connectivity index is 1.75. The van der Waals surface area contributed by atoms with Gasteiger partial charge in [-0.2, -0.15) is 0 Å². The van der Waals surface area contributed by atoms with Gasteiger partial charge >= 0.3 is 0 Å². The predicted octanol–water partition coefficient (Wildman–Crippen LogP) is 7.07. The quantitative estimate of drug-likeness (QED) is 0.354. The van der Waals surface area contributed by atoms with Gasteiger partial charge in [-0.1, -0.05) is 64.7 Å². The Morgan fingerprint density at radius 2 is 1.57 bits per heavy atom. The molecule has 2 rings (SSSR count). The summed E-state index contributed by atoms with van der Waals surface area (Å²) < 4.78 is 11.8. The van der Waals surface area contributed by atoms with Crippen molar-refractivity contribution in [1.29, 1.82) is 0 Å². The monoisotopic (exact) mass is 383 g/mol. The molecule has 0 unspecified atom stereocenters. The number of nitrogens with one attached hydrogen (secondary N) is 1. The molecule has 154 valence electrons. The molecule has 0 spiro atoms. The maximum atomic E-state index is 5.97. The highest BCUT2D eigenvalue weighted by Crippen LogP contribution is 2.22. The molecule has 0 aliphatic rings. The van der Waals surface area contributed by atoms with Crippen LogP contribution in [0.1, 0.15) is 64.9 Å². The maximum Gasteiger partial charge on any atom is 0.124 e. The third-order valence-corrected chi connectivity index (χ3v) is 4.78. The normalized spacial score (nSPS) is 10.9. The minimum absolute atomic E-state index is 0.655. The van der Waals surface area contributed by atoms with E-state index in [4.69, 9.17) is 9.47 Å². The molecular formula is C25H37NO2. The molecule has 0 fully saturated rings. The van der Waals surface area contributed by atoms with Crippen LogP contribution in [-0.4, -0.2) is 13.2 Å². The van der Waals surface area contributed by atoms with E-state index in [0.717, 1.165) is 49.8 Å². The van der Waals surface area contributed by atoms with Crippen LogP contribution in [0.25, 0.3) is 0 Å². The topological polar surface area (TPSA) is 30.5 Å². The third kappa shape index (κ3) is 8.69. The van der Waals surface area contributed by atoms with Crippen molar-refractivity contribution in [3.8, 4) is 11.5 Å². The van der Waals surface area contributed by atoms with Gasteiger partial charge in [0.15, 0.2) is 0 Å². The largest absolute Gasteiger partial charge is 0.494 e. The molecule has 0 aromatic heterocycles. The van der Waals surface area contributed by atoms with Crippen molar-refractivity contribution in [3.63, 3.8) is 0 Å². The number of rotatable bonds is 14. The van der Waals surface area contributed by atoms with Crippen LogP contribution in [0.3, 0.4) is 0 Å². The van der Waals surface area contributed by atoms with Gasteiger partial charge in [0.05, 0.1) is 13.2 Å². The van der Waals surface area contributed by atoms with E-state index in [1.54, 1.807) is 0 Å². The summed E-state index contributed by atoms with van der Waals surface area (Å²) in [6.07, 6.45) is 7.38. The van der Waals surface area contributed by atoms with Crippen molar-refractivity contribution in [2.24, 2.45) is 5.92 Å². The van der Waals surface area contributed by atoms with Crippen LogP contribution >= 0.6 is 0 Å². The van der Waals surface area contributed by atoms with Gasteiger partial charge in [-0.3, -0.25) is 0 Å². The Labute approximate surface area is 171 Å². The van der Waals surface area contributed by atoms with Crippen molar-refractivity contribution >= 4 is 5.69 Å². The second kappa shape index (κ2) is 13.1. The number of ether oxygens (including phenoxy) is 2. The molecule has 0 heterocycles. The van der Waals surface area contributed by atoms with E-state index < -0.39 is 0 Å². The van der Waals surface area contributed by atoms with Gasteiger partial charge in [0, 0.05) is 17.8 Å². The smallest absolute Gasteiger partial charge is 0.124 e. The molecule has 0 aliphatic carbocycles. The second-order valence-corrected chi connectivity index (χ2v) is 7.78. The zero-order chi connectivity index (χ0) is 20.0. The van der Waals surface area contributed by atoms with Crippen molar-refractivity contribution in [2.75, 3.05) is 18.5 Å². The highest BCUT2D eigenvalue weighted by molar-refractivity contribution is 5.47. The number of unbranched alkanes of at least 4 members (excludes halogenated alkanes) is 4. The van der Waals surface area contributed by atoms with Crippen molar-refractivity contribution in [1.82, 2.24) is 0 Å². The van der Waals surface area contributed by atoms with Crippen molar-refractivity contribution < 1.29 is 9.47 Å². The Bertz CT molecular complexity index is 652. The average molecular weight is 384 g/mol. The number of anilines is 1. The first-order valence-corrected chi connectivity index (χ1v) is 10.9. The summed E-state index contributed by atoms with van der Waals surface area (Å²) in [5.74, 6) is 2.57. The fourth-order valence-corrected chi connectivity index (χ4v) is 2.96. The van der Waals surface area contributed by atoms with Crippen LogP contribution in [0, 0.1) is 5.92 Å². The lowest BCUT2D eigenvalue weighted by atomic mass is 10.1. The lowest BCUT2D eigenvalue weighted by molar-refractivity contribution is 0.287. The molecule has 1 N–H and O–H groups in total. The number of para-hydroxylation sites is 1. The van der Waals surface area contributed by atoms with Gasteiger partial charge < -0.3 is 14.8 Å². The van der Waals surface area contributed by atoms with Gasteiger partial charge in [-0.25, -0.2) is 0 Å². The molecule has 28 heavy (non-hydrogen) atoms. The molecule has 0 saturated heterocycles. The van der Waals surface area contributed by atoms with Crippen LogP contribution in [0.5, 0.6) is 11.5 Å². The van der Waals surface area contributed by atoms with Crippen molar-refractivity contribution in [3.05, 3.63) is 54.1 Å². The summed E-state index contributed by atoms with van der Waals surface area (Å²) in [4.78, 5) is 0. The molecule has 0 amide bonds. The third-order valence-electron chi connectivity index (χ3n) is 4.78. The fourth-order valence-electron chi connectivity index (χ4n) is 2.96. The van der Waals surface area contributed by atoms with E-state index in [1.807, 2.05) is 18.2 Å². The van der Waals surface area contributed by atoms with Gasteiger partial charge in [-0.15, -0.1) is 0 Å². The minimum Gasteiger partial charge on any atom is -0.494 e. The molecule has 0 atom stereocenters. The van der Waals surface area contributed by atoms with Gasteiger partial charge in [-0.05, 0) is 49.1 Å². The van der Waals surface area contributed by atoms with Gasteiger partial charge in [0.25, 0.3) is 0 Å². The molecule has 3 nitrogen and oxygen atoms in total. The van der Waals surface area contributed by atoms with E-state index in [-0.39, 0.29) is 0 Å². The Kier molecular flexibility index (Phi) is 10.3. The molecule has 2 aromatic rings. The van der Waals surface area contributed by atoms with Gasteiger partial charge in [0.1, 0.15) is 11.5 Å². The lowest BCUT2D eigenvalue weighted by Gasteiger charge is -2.14. The molecular weight excluding hydrogens is 346 g/mol. The van der Waals surface area contributed by atoms with Crippen molar-refractivity contribution in [2.45, 2.75) is 65.8 Å². The predicted molar refractivity (Wildman–Crippen MR) is 119 cm³/mol. The lowest BCUT2D eigenvalue weighted by Crippen LogP contribution is -2.06. The standard InChI is InChI=1S/C25H37NO2/c1-4-5-6-7-10-18-27-24-15-13-23(14-16-24)26-20-22-11-8-9-12-25(22)28-19-17-21(2)3/h8-9,11-16,21,26H,4-7,10,17-20H2,1-3H3. The van der Waals surface area contributed by atoms with E-state index in [9.17, 15) is 0 Å². The molecule has 3 heteroatoms. The number of hydrogen-bond acceptors (Lipinski definition) is 3. The Morgan fingerprint density at radius 1 is 0.821 bits per heavy atom. The summed E-state index contributed by atoms with van der Waals surface area (Å²) in [5, 5.41) is 3.48. The highest BCUT2D eigenvalue weighted by Gasteiger charge is 2.04. The Hall–Kier alpha value is -2.16. The van der Waals surface area contributed by atoms with E-state index >= 15 is 0 Å². The van der Waals surface area contributed by atoms with E-state index in [1.165, 1.54) is 31.2 Å². The van der Waals surface area contributed by atoms with Gasteiger partial charge in [0.2, 0.25) is 0 Å². The number of hydrogen-bond donors (Lipinski definition) is 1. The van der Waals surface area contributed by atoms with Crippen LogP contribution in [0.2, 0.25) is 0 Å². The summed E-state index contributed by atoms with van der Waals surface area (Å²) in [6.45, 7) is 8.99. The highest BCUT2D eigenvalue weighted by atomic mass is 16.5. The van der Waals surface area contributed by atoms with E-state index in [0.29, 0.717) is 5.92 Å². The number of benzene rings is 2. The van der Waals surface area contributed by atoms with Crippen LogP contribution in [0.15, 0.2) is 48.5 Å². The molecule has 0 aliphatic heterocycles. The van der Waals surface area contributed by atoms with Crippen LogP contribution < -0.4 is 14.8 Å².